The maximum atomic E-state index is 12.6. The predicted molar refractivity (Wildman–Crippen MR) is 79.3 cm³/mol. The summed E-state index contributed by atoms with van der Waals surface area (Å²) in [6.45, 7) is 0. The molecule has 0 N–H and O–H groups in total. The third-order valence-electron chi connectivity index (χ3n) is 3.00. The first kappa shape index (κ1) is 12.1. The molecule has 0 saturated heterocycles. The average Bonchev–Trinajstić information content (AvgIpc) is 2.46. The SMILES string of the molecule is O=C(c1ccccc1Br)c1cccc2cccnc12. The van der Waals surface area contributed by atoms with Gasteiger partial charge in [0.2, 0.25) is 0 Å². The van der Waals surface area contributed by atoms with Crippen LogP contribution in [0.3, 0.4) is 0 Å². The Hall–Kier alpha value is -2.00. The highest BCUT2D eigenvalue weighted by Crippen LogP contribution is 2.23. The summed E-state index contributed by atoms with van der Waals surface area (Å²) in [5, 5.41) is 0.973. The quantitative estimate of drug-likeness (QED) is 0.663. The van der Waals surface area contributed by atoms with Crippen molar-refractivity contribution in [3.8, 4) is 0 Å². The summed E-state index contributed by atoms with van der Waals surface area (Å²) in [7, 11) is 0. The molecule has 2 nitrogen and oxygen atoms in total. The normalized spacial score (nSPS) is 10.6. The van der Waals surface area contributed by atoms with Crippen LogP contribution in [0.5, 0.6) is 0 Å². The molecule has 0 fully saturated rings. The predicted octanol–water partition coefficient (Wildman–Crippen LogP) is 4.23. The number of para-hydroxylation sites is 1. The van der Waals surface area contributed by atoms with Gasteiger partial charge in [-0.2, -0.15) is 0 Å². The van der Waals surface area contributed by atoms with Gasteiger partial charge in [-0.1, -0.05) is 46.3 Å². The Morgan fingerprint density at radius 1 is 0.895 bits per heavy atom. The number of hydrogen-bond donors (Lipinski definition) is 0. The minimum atomic E-state index is -0.0169. The van der Waals surface area contributed by atoms with Crippen LogP contribution in [0, 0.1) is 0 Å². The van der Waals surface area contributed by atoms with Crippen LogP contribution in [0.1, 0.15) is 15.9 Å². The van der Waals surface area contributed by atoms with Crippen LogP contribution in [0.4, 0.5) is 0 Å². The van der Waals surface area contributed by atoms with Crippen molar-refractivity contribution in [1.29, 1.82) is 0 Å². The van der Waals surface area contributed by atoms with E-state index in [0.29, 0.717) is 11.1 Å². The van der Waals surface area contributed by atoms with Gasteiger partial charge in [-0.3, -0.25) is 9.78 Å². The van der Waals surface area contributed by atoms with E-state index >= 15 is 0 Å². The molecular formula is C16H10BrNO. The molecule has 0 amide bonds. The van der Waals surface area contributed by atoms with Gasteiger partial charge >= 0.3 is 0 Å². The van der Waals surface area contributed by atoms with Crippen molar-refractivity contribution in [3.05, 3.63) is 76.4 Å². The summed E-state index contributed by atoms with van der Waals surface area (Å²) in [5.41, 5.74) is 2.02. The van der Waals surface area contributed by atoms with Gasteiger partial charge in [0.1, 0.15) is 0 Å². The number of rotatable bonds is 2. The Balaban J connectivity index is 2.20. The summed E-state index contributed by atoms with van der Waals surface area (Å²) >= 11 is 3.42. The molecule has 0 bridgehead atoms. The number of pyridine rings is 1. The van der Waals surface area contributed by atoms with Crippen molar-refractivity contribution >= 4 is 32.6 Å². The van der Waals surface area contributed by atoms with Gasteiger partial charge in [0.25, 0.3) is 0 Å². The highest BCUT2D eigenvalue weighted by molar-refractivity contribution is 9.10. The molecule has 1 aromatic heterocycles. The standard InChI is InChI=1S/C16H10BrNO/c17-14-9-2-1-7-12(14)16(19)13-8-3-5-11-6-4-10-18-15(11)13/h1-10H. The molecule has 3 rings (SSSR count). The maximum Gasteiger partial charge on any atom is 0.196 e. The average molecular weight is 312 g/mol. The molecular weight excluding hydrogens is 302 g/mol. The largest absolute Gasteiger partial charge is 0.288 e. The van der Waals surface area contributed by atoms with Gasteiger partial charge in [0.05, 0.1) is 5.52 Å². The van der Waals surface area contributed by atoms with E-state index in [9.17, 15) is 4.79 Å². The molecule has 0 aliphatic carbocycles. The van der Waals surface area contributed by atoms with Crippen molar-refractivity contribution in [2.75, 3.05) is 0 Å². The minimum Gasteiger partial charge on any atom is -0.288 e. The van der Waals surface area contributed by atoms with Crippen molar-refractivity contribution < 1.29 is 4.79 Å². The zero-order valence-electron chi connectivity index (χ0n) is 10.0. The lowest BCUT2D eigenvalue weighted by Crippen LogP contribution is -2.03. The second-order valence-electron chi connectivity index (χ2n) is 4.19. The zero-order valence-corrected chi connectivity index (χ0v) is 11.6. The molecule has 3 aromatic rings. The van der Waals surface area contributed by atoms with Crippen molar-refractivity contribution in [2.45, 2.75) is 0 Å². The third-order valence-corrected chi connectivity index (χ3v) is 3.69. The molecule has 0 aliphatic heterocycles. The van der Waals surface area contributed by atoms with E-state index < -0.39 is 0 Å². The first-order valence-electron chi connectivity index (χ1n) is 5.90. The van der Waals surface area contributed by atoms with Crippen LogP contribution < -0.4 is 0 Å². The molecule has 92 valence electrons. The van der Waals surface area contributed by atoms with Crippen LogP contribution >= 0.6 is 15.9 Å². The Kier molecular flexibility index (Phi) is 3.13. The van der Waals surface area contributed by atoms with Gasteiger partial charge in [-0.05, 0) is 24.3 Å². The second-order valence-corrected chi connectivity index (χ2v) is 5.04. The minimum absolute atomic E-state index is 0.0169. The zero-order chi connectivity index (χ0) is 13.2. The van der Waals surface area contributed by atoms with Gasteiger partial charge < -0.3 is 0 Å². The second kappa shape index (κ2) is 4.94. The van der Waals surface area contributed by atoms with E-state index in [1.54, 1.807) is 6.20 Å². The molecule has 19 heavy (non-hydrogen) atoms. The maximum absolute atomic E-state index is 12.6. The summed E-state index contributed by atoms with van der Waals surface area (Å²) < 4.78 is 0.799. The van der Waals surface area contributed by atoms with Gasteiger partial charge in [0, 0.05) is 27.2 Å². The molecule has 0 radical (unpaired) electrons. The molecule has 0 saturated carbocycles. The number of nitrogens with zero attached hydrogens (tertiary/aromatic N) is 1. The third kappa shape index (κ3) is 2.17. The van der Waals surface area contributed by atoms with E-state index in [-0.39, 0.29) is 5.78 Å². The number of hydrogen-bond acceptors (Lipinski definition) is 2. The van der Waals surface area contributed by atoms with E-state index in [1.165, 1.54) is 0 Å². The summed E-state index contributed by atoms with van der Waals surface area (Å²) in [4.78, 5) is 16.9. The molecule has 0 atom stereocenters. The van der Waals surface area contributed by atoms with E-state index in [1.807, 2.05) is 54.6 Å². The smallest absolute Gasteiger partial charge is 0.196 e. The number of halogens is 1. The number of carbonyl (C=O) groups is 1. The summed E-state index contributed by atoms with van der Waals surface area (Å²) in [6.07, 6.45) is 1.71. The molecule has 3 heteroatoms. The van der Waals surface area contributed by atoms with Crippen LogP contribution in [-0.4, -0.2) is 10.8 Å². The van der Waals surface area contributed by atoms with Gasteiger partial charge in [0.15, 0.2) is 5.78 Å². The monoisotopic (exact) mass is 311 g/mol. The number of benzene rings is 2. The fourth-order valence-corrected chi connectivity index (χ4v) is 2.54. The molecule has 2 aromatic carbocycles. The summed E-state index contributed by atoms with van der Waals surface area (Å²) in [5.74, 6) is -0.0169. The van der Waals surface area contributed by atoms with Crippen LogP contribution in [0.2, 0.25) is 0 Å². The first-order valence-corrected chi connectivity index (χ1v) is 6.69. The lowest BCUT2D eigenvalue weighted by molar-refractivity contribution is 0.103. The Morgan fingerprint density at radius 2 is 1.63 bits per heavy atom. The van der Waals surface area contributed by atoms with E-state index in [4.69, 9.17) is 0 Å². The van der Waals surface area contributed by atoms with Crippen molar-refractivity contribution in [2.24, 2.45) is 0 Å². The lowest BCUT2D eigenvalue weighted by atomic mass is 10.0. The molecule has 0 aliphatic rings. The number of ketones is 1. The lowest BCUT2D eigenvalue weighted by Gasteiger charge is -2.06. The molecule has 0 spiro atoms. The van der Waals surface area contributed by atoms with E-state index in [0.717, 1.165) is 15.4 Å². The molecule has 0 unspecified atom stereocenters. The Bertz CT molecular complexity index is 762. The van der Waals surface area contributed by atoms with Crippen LogP contribution in [0.25, 0.3) is 10.9 Å². The van der Waals surface area contributed by atoms with Gasteiger partial charge in [-0.25, -0.2) is 0 Å². The van der Waals surface area contributed by atoms with Gasteiger partial charge in [-0.15, -0.1) is 0 Å². The topological polar surface area (TPSA) is 30.0 Å². The highest BCUT2D eigenvalue weighted by Gasteiger charge is 2.15. The highest BCUT2D eigenvalue weighted by atomic mass is 79.9. The Morgan fingerprint density at radius 3 is 2.47 bits per heavy atom. The van der Waals surface area contributed by atoms with Crippen molar-refractivity contribution in [3.63, 3.8) is 0 Å². The summed E-state index contributed by atoms with van der Waals surface area (Å²) in [6, 6.07) is 16.9. The fraction of sp³-hybridized carbons (Fsp3) is 0. The van der Waals surface area contributed by atoms with Crippen LogP contribution in [-0.2, 0) is 0 Å². The Labute approximate surface area is 119 Å². The number of fused-ring (bicyclic) bond motifs is 1. The number of carbonyl (C=O) groups excluding carboxylic acids is 1. The molecule has 1 heterocycles. The van der Waals surface area contributed by atoms with Crippen molar-refractivity contribution in [1.82, 2.24) is 4.98 Å². The fourth-order valence-electron chi connectivity index (χ4n) is 2.08. The van der Waals surface area contributed by atoms with E-state index in [2.05, 4.69) is 20.9 Å². The van der Waals surface area contributed by atoms with Crippen LogP contribution in [0.15, 0.2) is 65.3 Å². The number of aromatic nitrogens is 1. The first-order chi connectivity index (χ1) is 9.27.